The molecule has 0 saturated heterocycles. The molecule has 1 saturated carbocycles. The van der Waals surface area contributed by atoms with Crippen molar-refractivity contribution in [1.29, 1.82) is 0 Å². The zero-order valence-electron chi connectivity index (χ0n) is 14.2. The third kappa shape index (κ3) is 5.78. The molecular formula is C15H21N3O6S2. The van der Waals surface area contributed by atoms with Gasteiger partial charge in [0.15, 0.2) is 6.61 Å². The first-order valence-corrected chi connectivity index (χ1v) is 10.5. The molecule has 0 aliphatic heterocycles. The molecule has 4 N–H and O–H groups in total. The van der Waals surface area contributed by atoms with E-state index >= 15 is 0 Å². The molecule has 0 aromatic carbocycles. The normalized spacial score (nSPS) is 20.2. The number of rotatable bonds is 5. The van der Waals surface area contributed by atoms with Gasteiger partial charge in [-0.2, -0.15) is 0 Å². The van der Waals surface area contributed by atoms with Gasteiger partial charge in [-0.15, -0.1) is 11.3 Å². The van der Waals surface area contributed by atoms with Gasteiger partial charge in [0.25, 0.3) is 5.91 Å². The Morgan fingerprint density at radius 3 is 2.62 bits per heavy atom. The fourth-order valence-corrected chi connectivity index (χ4v) is 4.26. The number of sulfonamides is 1. The van der Waals surface area contributed by atoms with Crippen LogP contribution >= 0.6 is 11.3 Å². The molecule has 26 heavy (non-hydrogen) atoms. The van der Waals surface area contributed by atoms with Gasteiger partial charge >= 0.3 is 12.0 Å². The zero-order chi connectivity index (χ0) is 19.3. The summed E-state index contributed by atoms with van der Waals surface area (Å²) >= 11 is 0.771. The maximum atomic E-state index is 11.8. The van der Waals surface area contributed by atoms with Crippen molar-refractivity contribution in [3.05, 3.63) is 17.0 Å². The Balaban J connectivity index is 1.78. The molecular weight excluding hydrogens is 382 g/mol. The number of urea groups is 1. The monoisotopic (exact) mass is 403 g/mol. The fourth-order valence-electron chi connectivity index (χ4n) is 2.69. The van der Waals surface area contributed by atoms with Crippen LogP contribution in [0.25, 0.3) is 0 Å². The molecule has 3 amide bonds. The molecule has 1 fully saturated rings. The Kier molecular flexibility index (Phi) is 6.73. The van der Waals surface area contributed by atoms with Crippen LogP contribution in [-0.2, 0) is 19.6 Å². The van der Waals surface area contributed by atoms with E-state index in [0.717, 1.165) is 43.1 Å². The molecule has 1 aliphatic carbocycles. The maximum Gasteiger partial charge on any atom is 0.339 e. The first-order chi connectivity index (χ1) is 12.2. The molecule has 11 heteroatoms. The predicted octanol–water partition coefficient (Wildman–Crippen LogP) is 0.957. The van der Waals surface area contributed by atoms with Crippen molar-refractivity contribution in [2.45, 2.75) is 42.9 Å². The molecule has 0 radical (unpaired) electrons. The topological polar surface area (TPSA) is 145 Å². The van der Waals surface area contributed by atoms with Gasteiger partial charge in [-0.1, -0.05) is 19.8 Å². The Morgan fingerprint density at radius 2 is 2.00 bits per heavy atom. The van der Waals surface area contributed by atoms with Crippen molar-refractivity contribution < 1.29 is 27.5 Å². The number of nitrogens with one attached hydrogen (secondary N) is 2. The van der Waals surface area contributed by atoms with E-state index in [-0.39, 0.29) is 15.8 Å². The van der Waals surface area contributed by atoms with Crippen molar-refractivity contribution in [3.63, 3.8) is 0 Å². The van der Waals surface area contributed by atoms with Crippen molar-refractivity contribution in [1.82, 2.24) is 10.6 Å². The van der Waals surface area contributed by atoms with Crippen LogP contribution in [0.2, 0.25) is 0 Å². The summed E-state index contributed by atoms with van der Waals surface area (Å²) in [5.41, 5.74) is -0.0349. The Bertz CT molecular complexity index is 789. The third-order valence-corrected chi connectivity index (χ3v) is 6.49. The number of ether oxygens (including phenoxy) is 1. The summed E-state index contributed by atoms with van der Waals surface area (Å²) in [6, 6.07) is 0.454. The van der Waals surface area contributed by atoms with Gasteiger partial charge in [0, 0.05) is 11.4 Å². The second kappa shape index (κ2) is 8.60. The van der Waals surface area contributed by atoms with E-state index in [0.29, 0.717) is 5.92 Å². The van der Waals surface area contributed by atoms with Gasteiger partial charge in [-0.3, -0.25) is 10.1 Å². The summed E-state index contributed by atoms with van der Waals surface area (Å²) < 4.78 is 26.9. The van der Waals surface area contributed by atoms with Crippen molar-refractivity contribution in [3.8, 4) is 0 Å². The molecule has 1 aliphatic rings. The van der Waals surface area contributed by atoms with E-state index < -0.39 is 34.5 Å². The molecule has 1 aromatic heterocycles. The lowest BCUT2D eigenvalue weighted by molar-refractivity contribution is -0.123. The largest absolute Gasteiger partial charge is 0.452 e. The Hall–Kier alpha value is -1.98. The van der Waals surface area contributed by atoms with Gasteiger partial charge in [0.1, 0.15) is 4.21 Å². The molecule has 1 heterocycles. The van der Waals surface area contributed by atoms with E-state index in [4.69, 9.17) is 9.88 Å². The van der Waals surface area contributed by atoms with Crippen LogP contribution in [0.15, 0.2) is 15.7 Å². The standard InChI is InChI=1S/C15H21N3O6S2/c1-9-4-2-3-5-11(9)17-15(21)18-12(19)7-24-14(20)10-6-13(25-8-10)26(16,22)23/h6,8-9,11H,2-5,7H2,1H3,(H2,16,22,23)(H2,17,18,19,21). The van der Waals surface area contributed by atoms with Gasteiger partial charge in [-0.05, 0) is 24.8 Å². The minimum atomic E-state index is -3.90. The quantitative estimate of drug-likeness (QED) is 0.624. The average molecular weight is 403 g/mol. The number of nitrogens with two attached hydrogens (primary N) is 1. The highest BCUT2D eigenvalue weighted by atomic mass is 32.2. The number of hydrogen-bond acceptors (Lipinski definition) is 7. The summed E-state index contributed by atoms with van der Waals surface area (Å²) in [5, 5.41) is 11.1. The van der Waals surface area contributed by atoms with Gasteiger partial charge in [0.05, 0.1) is 5.56 Å². The lowest BCUT2D eigenvalue weighted by atomic mass is 9.86. The fraction of sp³-hybridized carbons (Fsp3) is 0.533. The van der Waals surface area contributed by atoms with Gasteiger partial charge in [-0.25, -0.2) is 23.1 Å². The first kappa shape index (κ1) is 20.3. The number of amides is 3. The SMILES string of the molecule is CC1CCCCC1NC(=O)NC(=O)COC(=O)c1csc(S(N)(=O)=O)c1. The number of carbonyl (C=O) groups excluding carboxylic acids is 3. The minimum absolute atomic E-state index is 0.0153. The highest BCUT2D eigenvalue weighted by Gasteiger charge is 2.23. The maximum absolute atomic E-state index is 11.8. The zero-order valence-corrected chi connectivity index (χ0v) is 15.8. The van der Waals surface area contributed by atoms with Crippen LogP contribution in [0.5, 0.6) is 0 Å². The van der Waals surface area contributed by atoms with Crippen molar-refractivity contribution in [2.75, 3.05) is 6.61 Å². The molecule has 2 atom stereocenters. The molecule has 144 valence electrons. The second-order valence-corrected chi connectivity index (χ2v) is 8.86. The number of imide groups is 1. The summed E-state index contributed by atoms with van der Waals surface area (Å²) in [5.74, 6) is -1.32. The lowest BCUT2D eigenvalue weighted by Crippen LogP contribution is -2.48. The summed E-state index contributed by atoms with van der Waals surface area (Å²) in [6.45, 7) is 1.39. The average Bonchev–Trinajstić information content (AvgIpc) is 3.05. The third-order valence-electron chi connectivity index (χ3n) is 4.11. The minimum Gasteiger partial charge on any atom is -0.452 e. The van der Waals surface area contributed by atoms with Crippen LogP contribution in [0, 0.1) is 5.92 Å². The van der Waals surface area contributed by atoms with E-state index in [1.807, 2.05) is 6.92 Å². The van der Waals surface area contributed by atoms with Crippen LogP contribution in [0.4, 0.5) is 4.79 Å². The van der Waals surface area contributed by atoms with Gasteiger partial charge in [0.2, 0.25) is 10.0 Å². The summed E-state index contributed by atoms with van der Waals surface area (Å²) in [6.07, 6.45) is 4.05. The summed E-state index contributed by atoms with van der Waals surface area (Å²) in [4.78, 5) is 35.4. The molecule has 2 unspecified atom stereocenters. The molecule has 9 nitrogen and oxygen atoms in total. The lowest BCUT2D eigenvalue weighted by Gasteiger charge is -2.29. The second-order valence-electron chi connectivity index (χ2n) is 6.17. The molecule has 2 rings (SSSR count). The highest BCUT2D eigenvalue weighted by molar-refractivity contribution is 7.91. The van der Waals surface area contributed by atoms with E-state index in [1.54, 1.807) is 0 Å². The summed E-state index contributed by atoms with van der Waals surface area (Å²) in [7, 11) is -3.90. The number of hydrogen-bond donors (Lipinski definition) is 3. The number of thiophene rings is 1. The Labute approximate surface area is 155 Å². The van der Waals surface area contributed by atoms with Crippen molar-refractivity contribution in [2.24, 2.45) is 11.1 Å². The molecule has 0 bridgehead atoms. The first-order valence-electron chi connectivity index (χ1n) is 8.05. The predicted molar refractivity (Wildman–Crippen MR) is 94.1 cm³/mol. The number of esters is 1. The van der Waals surface area contributed by atoms with E-state index in [9.17, 15) is 22.8 Å². The highest BCUT2D eigenvalue weighted by Crippen LogP contribution is 2.23. The number of primary sulfonamides is 1. The van der Waals surface area contributed by atoms with E-state index in [1.165, 1.54) is 5.38 Å². The van der Waals surface area contributed by atoms with E-state index in [2.05, 4.69) is 10.6 Å². The smallest absolute Gasteiger partial charge is 0.339 e. The van der Waals surface area contributed by atoms with Crippen LogP contribution < -0.4 is 15.8 Å². The van der Waals surface area contributed by atoms with Gasteiger partial charge < -0.3 is 10.1 Å². The number of carbonyl (C=O) groups is 3. The Morgan fingerprint density at radius 1 is 1.31 bits per heavy atom. The van der Waals surface area contributed by atoms with Crippen LogP contribution in [0.1, 0.15) is 43.0 Å². The molecule has 0 spiro atoms. The molecule has 1 aromatic rings. The van der Waals surface area contributed by atoms with Crippen LogP contribution in [0.3, 0.4) is 0 Å². The van der Waals surface area contributed by atoms with Crippen LogP contribution in [-0.4, -0.2) is 39.0 Å². The van der Waals surface area contributed by atoms with Crippen molar-refractivity contribution >= 4 is 39.3 Å².